The highest BCUT2D eigenvalue weighted by atomic mass is 19.1. The van der Waals surface area contributed by atoms with Gasteiger partial charge in [0.15, 0.2) is 0 Å². The molecule has 1 heterocycles. The van der Waals surface area contributed by atoms with Crippen molar-refractivity contribution in [3.63, 3.8) is 0 Å². The smallest absolute Gasteiger partial charge is 0.232 e. The molecule has 1 amide bonds. The highest BCUT2D eigenvalue weighted by Crippen LogP contribution is 2.35. The van der Waals surface area contributed by atoms with Crippen molar-refractivity contribution in [3.05, 3.63) is 102 Å². The molecule has 1 aliphatic rings. The third-order valence-electron chi connectivity index (χ3n) is 6.62. The molecule has 34 heavy (non-hydrogen) atoms. The average Bonchev–Trinajstić information content (AvgIpc) is 2.87. The molecule has 0 aromatic heterocycles. The monoisotopic (exact) mass is 460 g/mol. The van der Waals surface area contributed by atoms with Crippen molar-refractivity contribution in [2.45, 2.75) is 38.3 Å². The quantitative estimate of drug-likeness (QED) is 0.424. The number of hydrogen-bond donors (Lipinski definition) is 0. The molecule has 178 valence electrons. The van der Waals surface area contributed by atoms with Crippen molar-refractivity contribution < 1.29 is 13.9 Å². The molecule has 1 fully saturated rings. The molecule has 1 saturated heterocycles. The summed E-state index contributed by atoms with van der Waals surface area (Å²) in [6, 6.07) is 26.5. The lowest BCUT2D eigenvalue weighted by Crippen LogP contribution is -2.60. The number of halogens is 1. The Bertz CT molecular complexity index is 1030. The Morgan fingerprint density at radius 3 is 2.09 bits per heavy atom. The van der Waals surface area contributed by atoms with Gasteiger partial charge in [0.2, 0.25) is 5.91 Å². The summed E-state index contributed by atoms with van der Waals surface area (Å²) >= 11 is 0. The number of nitrogens with zero attached hydrogens (tertiary/aromatic N) is 2. The second-order valence-corrected chi connectivity index (χ2v) is 8.99. The lowest BCUT2D eigenvalue weighted by atomic mass is 9.84. The number of carbonyl (C=O) groups is 1. The first-order chi connectivity index (χ1) is 16.6. The molecule has 0 bridgehead atoms. The van der Waals surface area contributed by atoms with Crippen LogP contribution in [0.15, 0.2) is 84.9 Å². The van der Waals surface area contributed by atoms with E-state index in [4.69, 9.17) is 4.74 Å². The Morgan fingerprint density at radius 2 is 1.50 bits per heavy atom. The number of piperidine rings is 1. The minimum atomic E-state index is -0.479. The van der Waals surface area contributed by atoms with Gasteiger partial charge in [0, 0.05) is 31.9 Å². The molecule has 4 rings (SSSR count). The maximum Gasteiger partial charge on any atom is 0.232 e. The van der Waals surface area contributed by atoms with Crippen LogP contribution in [0.3, 0.4) is 0 Å². The molecule has 3 aromatic carbocycles. The molecule has 0 saturated carbocycles. The molecule has 1 aliphatic heterocycles. The minimum Gasteiger partial charge on any atom is -0.379 e. The van der Waals surface area contributed by atoms with Crippen LogP contribution in [-0.2, 0) is 22.5 Å². The fraction of sp³-hybridized carbons (Fsp3) is 0.345. The first-order valence-corrected chi connectivity index (χ1v) is 12.1. The van der Waals surface area contributed by atoms with E-state index in [-0.39, 0.29) is 11.7 Å². The van der Waals surface area contributed by atoms with Crippen molar-refractivity contribution in [2.75, 3.05) is 31.2 Å². The first-order valence-electron chi connectivity index (χ1n) is 12.1. The minimum absolute atomic E-state index is 0.00835. The average molecular weight is 461 g/mol. The number of amides is 1. The molecule has 0 atom stereocenters. The Kier molecular flexibility index (Phi) is 8.09. The Balaban J connectivity index is 1.61. The van der Waals surface area contributed by atoms with Crippen LogP contribution in [0.25, 0.3) is 0 Å². The fourth-order valence-electron chi connectivity index (χ4n) is 4.82. The van der Waals surface area contributed by atoms with Gasteiger partial charge in [-0.05, 0) is 55.2 Å². The van der Waals surface area contributed by atoms with Crippen LogP contribution in [0.4, 0.5) is 10.1 Å². The molecule has 0 spiro atoms. The lowest BCUT2D eigenvalue weighted by Gasteiger charge is -2.48. The second-order valence-electron chi connectivity index (χ2n) is 8.99. The first kappa shape index (κ1) is 24.1. The van der Waals surface area contributed by atoms with Crippen LogP contribution >= 0.6 is 0 Å². The van der Waals surface area contributed by atoms with Crippen molar-refractivity contribution in [2.24, 2.45) is 0 Å². The van der Waals surface area contributed by atoms with E-state index < -0.39 is 5.54 Å². The number of rotatable bonds is 9. The summed E-state index contributed by atoms with van der Waals surface area (Å²) in [7, 11) is 0. The van der Waals surface area contributed by atoms with Gasteiger partial charge in [-0.3, -0.25) is 9.69 Å². The van der Waals surface area contributed by atoms with Gasteiger partial charge in [-0.1, -0.05) is 60.7 Å². The van der Waals surface area contributed by atoms with Gasteiger partial charge < -0.3 is 9.64 Å². The zero-order valence-corrected chi connectivity index (χ0v) is 19.8. The second kappa shape index (κ2) is 11.4. The third kappa shape index (κ3) is 5.91. The zero-order valence-electron chi connectivity index (χ0n) is 19.8. The van der Waals surface area contributed by atoms with Crippen LogP contribution in [-0.4, -0.2) is 42.6 Å². The van der Waals surface area contributed by atoms with Gasteiger partial charge >= 0.3 is 0 Å². The molecular formula is C29H33FN2O2. The molecule has 4 nitrogen and oxygen atoms in total. The Morgan fingerprint density at radius 1 is 0.912 bits per heavy atom. The molecule has 0 N–H and O–H groups in total. The van der Waals surface area contributed by atoms with E-state index in [0.717, 1.165) is 43.7 Å². The lowest BCUT2D eigenvalue weighted by molar-refractivity contribution is -0.120. The summed E-state index contributed by atoms with van der Waals surface area (Å²) in [5.41, 5.74) is 2.49. The van der Waals surface area contributed by atoms with Crippen LogP contribution in [0.2, 0.25) is 0 Å². The number of ether oxygens (including phenoxy) is 1. The van der Waals surface area contributed by atoms with Crippen LogP contribution in [0, 0.1) is 5.82 Å². The Labute approximate surface area is 202 Å². The Hall–Kier alpha value is -3.02. The third-order valence-corrected chi connectivity index (χ3v) is 6.62. The van der Waals surface area contributed by atoms with Gasteiger partial charge in [0.1, 0.15) is 5.82 Å². The van der Waals surface area contributed by atoms with E-state index in [1.54, 1.807) is 12.1 Å². The van der Waals surface area contributed by atoms with Crippen LogP contribution in [0.5, 0.6) is 0 Å². The molecular weight excluding hydrogens is 427 g/mol. The molecule has 0 unspecified atom stereocenters. The number of likely N-dealkylation sites (tertiary alicyclic amines) is 1. The predicted octanol–water partition coefficient (Wildman–Crippen LogP) is 5.47. The van der Waals surface area contributed by atoms with E-state index in [2.05, 4.69) is 29.2 Å². The van der Waals surface area contributed by atoms with E-state index in [1.165, 1.54) is 17.7 Å². The summed E-state index contributed by atoms with van der Waals surface area (Å²) in [5.74, 6) is -0.301. The predicted molar refractivity (Wildman–Crippen MR) is 134 cm³/mol. The maximum atomic E-state index is 13.8. The number of hydrogen-bond acceptors (Lipinski definition) is 3. The molecule has 5 heteroatoms. The summed E-state index contributed by atoms with van der Waals surface area (Å²) < 4.78 is 19.7. The van der Waals surface area contributed by atoms with Crippen molar-refractivity contribution >= 4 is 11.6 Å². The summed E-state index contributed by atoms with van der Waals surface area (Å²) in [5, 5.41) is 0. The highest BCUT2D eigenvalue weighted by Gasteiger charge is 2.43. The van der Waals surface area contributed by atoms with Gasteiger partial charge in [-0.15, -0.1) is 0 Å². The molecule has 3 aromatic rings. The van der Waals surface area contributed by atoms with E-state index in [1.807, 2.05) is 48.2 Å². The van der Waals surface area contributed by atoms with Gasteiger partial charge in [0.05, 0.1) is 18.6 Å². The van der Waals surface area contributed by atoms with Gasteiger partial charge in [0.25, 0.3) is 0 Å². The van der Waals surface area contributed by atoms with E-state index in [0.29, 0.717) is 19.6 Å². The SMILES string of the molecule is CCOCC1(N(C(=O)Cc2ccccc2)c2ccc(F)cc2)CCN(Cc2ccccc2)CC1. The number of benzene rings is 3. The van der Waals surface area contributed by atoms with Crippen molar-refractivity contribution in [1.29, 1.82) is 0 Å². The molecule has 0 aliphatic carbocycles. The number of carbonyl (C=O) groups excluding carboxylic acids is 1. The van der Waals surface area contributed by atoms with Crippen LogP contribution < -0.4 is 4.90 Å². The summed E-state index contributed by atoms with van der Waals surface area (Å²) in [4.78, 5) is 18.1. The highest BCUT2D eigenvalue weighted by molar-refractivity contribution is 5.96. The van der Waals surface area contributed by atoms with Crippen molar-refractivity contribution in [3.8, 4) is 0 Å². The zero-order chi connectivity index (χ0) is 23.8. The maximum absolute atomic E-state index is 13.8. The summed E-state index contributed by atoms with van der Waals surface area (Å²) in [6.07, 6.45) is 1.87. The van der Waals surface area contributed by atoms with Crippen molar-refractivity contribution in [1.82, 2.24) is 4.90 Å². The normalized spacial score (nSPS) is 15.7. The van der Waals surface area contributed by atoms with Gasteiger partial charge in [-0.2, -0.15) is 0 Å². The van der Waals surface area contributed by atoms with E-state index in [9.17, 15) is 9.18 Å². The number of anilines is 1. The fourth-order valence-corrected chi connectivity index (χ4v) is 4.82. The largest absolute Gasteiger partial charge is 0.379 e. The molecule has 0 radical (unpaired) electrons. The van der Waals surface area contributed by atoms with Crippen LogP contribution in [0.1, 0.15) is 30.9 Å². The topological polar surface area (TPSA) is 32.8 Å². The van der Waals surface area contributed by atoms with Gasteiger partial charge in [-0.25, -0.2) is 4.39 Å². The summed E-state index contributed by atoms with van der Waals surface area (Å²) in [6.45, 7) is 5.63. The standard InChI is InChI=1S/C29H33FN2O2/c1-2-34-23-29(17-19-31(20-18-29)22-25-11-7-4-8-12-25)32(27-15-13-26(30)14-16-27)28(33)21-24-9-5-3-6-10-24/h3-16H,2,17-23H2,1H3. The van der Waals surface area contributed by atoms with E-state index >= 15 is 0 Å².